The Morgan fingerprint density at radius 1 is 1.12 bits per heavy atom. The van der Waals surface area contributed by atoms with Crippen LogP contribution in [0, 0.1) is 5.41 Å². The van der Waals surface area contributed by atoms with Gasteiger partial charge in [-0.3, -0.25) is 4.79 Å². The van der Waals surface area contributed by atoms with Gasteiger partial charge in [0, 0.05) is 18.3 Å². The van der Waals surface area contributed by atoms with Crippen LogP contribution < -0.4 is 10.1 Å². The second-order valence-electron chi connectivity index (χ2n) is 6.80. The molecule has 4 nitrogen and oxygen atoms in total. The molecule has 1 amide bonds. The third-order valence-corrected chi connectivity index (χ3v) is 4.51. The summed E-state index contributed by atoms with van der Waals surface area (Å²) >= 11 is 0. The number of nitrogens with zero attached hydrogens (tertiary/aromatic N) is 1. The lowest BCUT2D eigenvalue weighted by molar-refractivity contribution is -0.127. The number of benzene rings is 2. The fourth-order valence-corrected chi connectivity index (χ4v) is 3.22. The van der Waals surface area contributed by atoms with E-state index in [1.54, 1.807) is 0 Å². The topological polar surface area (TPSA) is 41.6 Å². The number of nitrogens with one attached hydrogen (secondary N) is 1. The molecule has 3 rings (SSSR count). The zero-order chi connectivity index (χ0) is 17.0. The van der Waals surface area contributed by atoms with Crippen LogP contribution in [-0.4, -0.2) is 30.9 Å². The third kappa shape index (κ3) is 3.95. The molecule has 1 N–H and O–H groups in total. The van der Waals surface area contributed by atoms with Crippen LogP contribution in [0.2, 0.25) is 0 Å². The molecule has 1 fully saturated rings. The van der Waals surface area contributed by atoms with Crippen molar-refractivity contribution >= 4 is 11.6 Å². The van der Waals surface area contributed by atoms with Gasteiger partial charge in [0.05, 0.1) is 5.41 Å². The number of hydrogen-bond donors (Lipinski definition) is 1. The number of likely N-dealkylation sites (tertiary alicyclic amines) is 1. The van der Waals surface area contributed by atoms with Crippen molar-refractivity contribution in [1.29, 1.82) is 0 Å². The van der Waals surface area contributed by atoms with Crippen LogP contribution in [0.3, 0.4) is 0 Å². The van der Waals surface area contributed by atoms with Gasteiger partial charge in [-0.25, -0.2) is 0 Å². The van der Waals surface area contributed by atoms with Gasteiger partial charge in [-0.2, -0.15) is 0 Å². The summed E-state index contributed by atoms with van der Waals surface area (Å²) in [7, 11) is 2.07. The van der Waals surface area contributed by atoms with Gasteiger partial charge in [0.25, 0.3) is 0 Å². The van der Waals surface area contributed by atoms with Crippen molar-refractivity contribution in [3.8, 4) is 11.5 Å². The maximum absolute atomic E-state index is 12.7. The van der Waals surface area contributed by atoms with Gasteiger partial charge >= 0.3 is 0 Å². The summed E-state index contributed by atoms with van der Waals surface area (Å²) in [6.45, 7) is 3.89. The highest BCUT2D eigenvalue weighted by Gasteiger charge is 2.36. The number of amides is 1. The molecule has 4 heteroatoms. The second kappa shape index (κ2) is 7.05. The number of para-hydroxylation sites is 1. The maximum atomic E-state index is 12.7. The highest BCUT2D eigenvalue weighted by molar-refractivity contribution is 5.95. The van der Waals surface area contributed by atoms with E-state index in [1.807, 2.05) is 61.5 Å². The van der Waals surface area contributed by atoms with E-state index < -0.39 is 0 Å². The first kappa shape index (κ1) is 16.5. The van der Waals surface area contributed by atoms with Gasteiger partial charge in [-0.1, -0.05) is 24.3 Å². The third-order valence-electron chi connectivity index (χ3n) is 4.51. The first-order chi connectivity index (χ1) is 11.5. The molecule has 126 valence electrons. The van der Waals surface area contributed by atoms with E-state index in [2.05, 4.69) is 17.3 Å². The van der Waals surface area contributed by atoms with Crippen LogP contribution in [0.4, 0.5) is 5.69 Å². The molecule has 24 heavy (non-hydrogen) atoms. The fraction of sp³-hybridized carbons (Fsp3) is 0.350. The number of piperidine rings is 1. The summed E-state index contributed by atoms with van der Waals surface area (Å²) in [4.78, 5) is 14.9. The lowest BCUT2D eigenvalue weighted by Gasteiger charge is -2.37. The van der Waals surface area contributed by atoms with Gasteiger partial charge in [-0.05, 0) is 57.6 Å². The average Bonchev–Trinajstić information content (AvgIpc) is 2.56. The van der Waals surface area contributed by atoms with E-state index in [4.69, 9.17) is 4.74 Å². The largest absolute Gasteiger partial charge is 0.457 e. The van der Waals surface area contributed by atoms with Crippen molar-refractivity contribution in [1.82, 2.24) is 4.90 Å². The molecule has 1 unspecified atom stereocenters. The molecular formula is C20H24N2O2. The first-order valence-electron chi connectivity index (χ1n) is 8.38. The van der Waals surface area contributed by atoms with Crippen LogP contribution >= 0.6 is 0 Å². The maximum Gasteiger partial charge on any atom is 0.231 e. The van der Waals surface area contributed by atoms with Crippen LogP contribution in [0.25, 0.3) is 0 Å². The highest BCUT2D eigenvalue weighted by atomic mass is 16.5. The zero-order valence-electron chi connectivity index (χ0n) is 14.3. The Bertz CT molecular complexity index is 702. The van der Waals surface area contributed by atoms with Gasteiger partial charge in [0.1, 0.15) is 11.5 Å². The molecule has 0 bridgehead atoms. The smallest absolute Gasteiger partial charge is 0.231 e. The van der Waals surface area contributed by atoms with E-state index in [-0.39, 0.29) is 11.3 Å². The molecule has 1 aliphatic rings. The van der Waals surface area contributed by atoms with Crippen molar-refractivity contribution in [3.05, 3.63) is 54.6 Å². The molecule has 1 aliphatic heterocycles. The van der Waals surface area contributed by atoms with Crippen molar-refractivity contribution < 1.29 is 9.53 Å². The normalized spacial score (nSPS) is 21.2. The van der Waals surface area contributed by atoms with Crippen LogP contribution in [-0.2, 0) is 4.79 Å². The minimum atomic E-state index is -0.344. The molecule has 0 spiro atoms. The Morgan fingerprint density at radius 3 is 2.62 bits per heavy atom. The van der Waals surface area contributed by atoms with E-state index in [0.29, 0.717) is 5.75 Å². The molecule has 2 aromatic carbocycles. The quantitative estimate of drug-likeness (QED) is 0.918. The number of hydrogen-bond acceptors (Lipinski definition) is 3. The number of carbonyl (C=O) groups is 1. The minimum Gasteiger partial charge on any atom is -0.457 e. The Hall–Kier alpha value is -2.33. The molecule has 1 saturated heterocycles. The van der Waals surface area contributed by atoms with E-state index in [9.17, 15) is 4.79 Å². The summed E-state index contributed by atoms with van der Waals surface area (Å²) < 4.78 is 5.83. The van der Waals surface area contributed by atoms with Crippen LogP contribution in [0.5, 0.6) is 11.5 Å². The molecule has 0 radical (unpaired) electrons. The monoisotopic (exact) mass is 324 g/mol. The summed E-state index contributed by atoms with van der Waals surface area (Å²) in [5.41, 5.74) is 0.423. The predicted molar refractivity (Wildman–Crippen MR) is 96.4 cm³/mol. The Kier molecular flexibility index (Phi) is 4.86. The summed E-state index contributed by atoms with van der Waals surface area (Å²) in [5.74, 6) is 1.57. The van der Waals surface area contributed by atoms with Gasteiger partial charge in [0.15, 0.2) is 0 Å². The van der Waals surface area contributed by atoms with E-state index in [1.165, 1.54) is 0 Å². The average molecular weight is 324 g/mol. The van der Waals surface area contributed by atoms with E-state index in [0.717, 1.165) is 37.4 Å². The molecule has 2 aromatic rings. The number of anilines is 1. The lowest BCUT2D eigenvalue weighted by Crippen LogP contribution is -2.46. The molecule has 1 heterocycles. The minimum absolute atomic E-state index is 0.0749. The summed E-state index contributed by atoms with van der Waals surface area (Å²) in [6.07, 6.45) is 1.97. The highest BCUT2D eigenvalue weighted by Crippen LogP contribution is 2.31. The summed E-state index contributed by atoms with van der Waals surface area (Å²) in [5, 5.41) is 3.05. The molecule has 1 atom stereocenters. The number of rotatable bonds is 4. The standard InChI is InChI=1S/C20H24N2O2/c1-20(12-7-13-22(2)15-20)19(23)21-16-8-6-11-18(14-16)24-17-9-4-3-5-10-17/h3-6,8-11,14H,7,12-13,15H2,1-2H3,(H,21,23). The van der Waals surface area contributed by atoms with Crippen molar-refractivity contribution in [2.24, 2.45) is 5.41 Å². The molecule has 0 aromatic heterocycles. The Labute approximate surface area is 143 Å². The Morgan fingerprint density at radius 2 is 1.88 bits per heavy atom. The van der Waals surface area contributed by atoms with Gasteiger partial charge in [0.2, 0.25) is 5.91 Å². The first-order valence-corrected chi connectivity index (χ1v) is 8.38. The fourth-order valence-electron chi connectivity index (χ4n) is 3.22. The number of ether oxygens (including phenoxy) is 1. The summed E-state index contributed by atoms with van der Waals surface area (Å²) in [6, 6.07) is 17.2. The van der Waals surface area contributed by atoms with Crippen molar-refractivity contribution in [2.75, 3.05) is 25.5 Å². The van der Waals surface area contributed by atoms with Crippen molar-refractivity contribution in [3.63, 3.8) is 0 Å². The van der Waals surface area contributed by atoms with Crippen LogP contribution in [0.15, 0.2) is 54.6 Å². The molecule has 0 saturated carbocycles. The molecular weight excluding hydrogens is 300 g/mol. The van der Waals surface area contributed by atoms with Crippen molar-refractivity contribution in [2.45, 2.75) is 19.8 Å². The van der Waals surface area contributed by atoms with Gasteiger partial charge < -0.3 is 15.0 Å². The predicted octanol–water partition coefficient (Wildman–Crippen LogP) is 4.15. The Balaban J connectivity index is 1.69. The van der Waals surface area contributed by atoms with Crippen LogP contribution in [0.1, 0.15) is 19.8 Å². The SMILES string of the molecule is CN1CCCC(C)(C(=O)Nc2cccc(Oc3ccccc3)c2)C1. The number of carbonyl (C=O) groups excluding carboxylic acids is 1. The second-order valence-corrected chi connectivity index (χ2v) is 6.80. The lowest BCUT2D eigenvalue weighted by atomic mass is 9.81. The van der Waals surface area contributed by atoms with Gasteiger partial charge in [-0.15, -0.1) is 0 Å². The molecule has 0 aliphatic carbocycles. The van der Waals surface area contributed by atoms with E-state index >= 15 is 0 Å². The zero-order valence-corrected chi connectivity index (χ0v) is 14.3.